The molecule has 0 aliphatic rings. The Kier molecular flexibility index (Phi) is 6.42. The molecule has 36 heavy (non-hydrogen) atoms. The molecule has 0 fully saturated rings. The minimum atomic E-state index is -4.11. The average molecular weight is 520 g/mol. The summed E-state index contributed by atoms with van der Waals surface area (Å²) >= 11 is 0.895. The molecule has 3 aromatic carbocycles. The van der Waals surface area contributed by atoms with Crippen LogP contribution in [0.3, 0.4) is 0 Å². The number of para-hydroxylation sites is 1. The first-order chi connectivity index (χ1) is 17.4. The molecule has 0 radical (unpaired) electrons. The standard InChI is InChI=1S/C25H18FN5O3S2/c26-19-13-11-18(12-14-19)25-27-16-23(35-25)36(33,34)30-28-24(32)22-15-21(17-7-3-1-4-8-17)29-31(22)20-9-5-2-6-10-20/h1-16,30H,(H,28,32). The van der Waals surface area contributed by atoms with Crippen LogP contribution in [0.5, 0.6) is 0 Å². The number of carbonyl (C=O) groups excluding carboxylic acids is 1. The van der Waals surface area contributed by atoms with Crippen molar-refractivity contribution in [3.8, 4) is 27.5 Å². The van der Waals surface area contributed by atoms with E-state index in [4.69, 9.17) is 0 Å². The Morgan fingerprint density at radius 2 is 1.56 bits per heavy atom. The minimum Gasteiger partial charge on any atom is -0.272 e. The second kappa shape index (κ2) is 9.82. The molecule has 2 N–H and O–H groups in total. The molecule has 5 aromatic rings. The third-order valence-corrected chi connectivity index (χ3v) is 7.91. The van der Waals surface area contributed by atoms with Gasteiger partial charge in [-0.25, -0.2) is 22.5 Å². The van der Waals surface area contributed by atoms with E-state index < -0.39 is 21.7 Å². The highest BCUT2D eigenvalue weighted by atomic mass is 32.2. The van der Waals surface area contributed by atoms with Gasteiger partial charge < -0.3 is 0 Å². The van der Waals surface area contributed by atoms with E-state index in [-0.39, 0.29) is 9.90 Å². The Hall–Kier alpha value is -4.19. The molecule has 0 saturated carbocycles. The third kappa shape index (κ3) is 4.93. The Morgan fingerprint density at radius 1 is 0.889 bits per heavy atom. The SMILES string of the molecule is O=C(NNS(=O)(=O)c1cnc(-c2ccc(F)cc2)s1)c1cc(-c2ccccc2)nn1-c1ccccc1. The molecule has 180 valence electrons. The number of nitrogens with one attached hydrogen (secondary N) is 2. The van der Waals surface area contributed by atoms with Crippen molar-refractivity contribution in [1.82, 2.24) is 25.0 Å². The van der Waals surface area contributed by atoms with E-state index in [1.165, 1.54) is 35.1 Å². The van der Waals surface area contributed by atoms with E-state index in [9.17, 15) is 17.6 Å². The van der Waals surface area contributed by atoms with Crippen LogP contribution in [0.15, 0.2) is 101 Å². The summed E-state index contributed by atoms with van der Waals surface area (Å²) in [5, 5.41) is 4.96. The molecule has 5 rings (SSSR count). The number of rotatable bonds is 7. The van der Waals surface area contributed by atoms with E-state index in [1.807, 2.05) is 48.5 Å². The van der Waals surface area contributed by atoms with E-state index in [0.717, 1.165) is 16.9 Å². The highest BCUT2D eigenvalue weighted by Gasteiger charge is 2.22. The zero-order valence-corrected chi connectivity index (χ0v) is 20.1. The van der Waals surface area contributed by atoms with Gasteiger partial charge in [-0.1, -0.05) is 48.5 Å². The molecular formula is C25H18FN5O3S2. The molecule has 2 heterocycles. The fourth-order valence-corrected chi connectivity index (χ4v) is 5.37. The molecular weight excluding hydrogens is 501 g/mol. The predicted molar refractivity (Wildman–Crippen MR) is 134 cm³/mol. The average Bonchev–Trinajstić information content (AvgIpc) is 3.58. The van der Waals surface area contributed by atoms with Crippen molar-refractivity contribution in [3.63, 3.8) is 0 Å². The second-order valence-corrected chi connectivity index (χ2v) is 10.5. The summed E-state index contributed by atoms with van der Waals surface area (Å²) in [5.41, 5.74) is 4.97. The normalized spacial score (nSPS) is 11.4. The van der Waals surface area contributed by atoms with Gasteiger partial charge in [0.15, 0.2) is 4.21 Å². The quantitative estimate of drug-likeness (QED) is 0.310. The van der Waals surface area contributed by atoms with Crippen LogP contribution in [0, 0.1) is 5.82 Å². The number of sulfonamides is 1. The number of nitrogens with zero attached hydrogens (tertiary/aromatic N) is 3. The first kappa shape index (κ1) is 23.5. The Bertz CT molecular complexity index is 1620. The summed E-state index contributed by atoms with van der Waals surface area (Å²) in [6, 6.07) is 25.5. The van der Waals surface area contributed by atoms with Crippen LogP contribution >= 0.6 is 11.3 Å². The second-order valence-electron chi connectivity index (χ2n) is 7.58. The summed E-state index contributed by atoms with van der Waals surface area (Å²) < 4.78 is 40.1. The first-order valence-electron chi connectivity index (χ1n) is 10.7. The molecule has 8 nitrogen and oxygen atoms in total. The monoisotopic (exact) mass is 519 g/mol. The number of hydrogen-bond acceptors (Lipinski definition) is 6. The highest BCUT2D eigenvalue weighted by molar-refractivity contribution is 7.91. The van der Waals surface area contributed by atoms with Crippen molar-refractivity contribution >= 4 is 27.3 Å². The van der Waals surface area contributed by atoms with Gasteiger partial charge in [0.05, 0.1) is 17.6 Å². The van der Waals surface area contributed by atoms with Crippen molar-refractivity contribution in [2.45, 2.75) is 4.21 Å². The molecule has 11 heteroatoms. The van der Waals surface area contributed by atoms with Crippen LogP contribution < -0.4 is 10.3 Å². The van der Waals surface area contributed by atoms with Crippen LogP contribution in [-0.4, -0.2) is 29.1 Å². The van der Waals surface area contributed by atoms with Gasteiger partial charge in [-0.05, 0) is 42.5 Å². The van der Waals surface area contributed by atoms with Gasteiger partial charge in [-0.3, -0.25) is 10.2 Å². The molecule has 0 atom stereocenters. The lowest BCUT2D eigenvalue weighted by Crippen LogP contribution is -2.42. The number of benzene rings is 3. The molecule has 0 unspecified atom stereocenters. The largest absolute Gasteiger partial charge is 0.284 e. The van der Waals surface area contributed by atoms with Crippen molar-refractivity contribution in [1.29, 1.82) is 0 Å². The number of halogens is 1. The van der Waals surface area contributed by atoms with Crippen molar-refractivity contribution in [3.05, 3.63) is 109 Å². The molecule has 0 aliphatic heterocycles. The van der Waals surface area contributed by atoms with Crippen LogP contribution in [-0.2, 0) is 10.0 Å². The van der Waals surface area contributed by atoms with Crippen molar-refractivity contribution in [2.75, 3.05) is 0 Å². The molecule has 0 spiro atoms. The minimum absolute atomic E-state index is 0.108. The zero-order valence-electron chi connectivity index (χ0n) is 18.5. The maximum absolute atomic E-state index is 13.2. The number of carbonyl (C=O) groups is 1. The van der Waals surface area contributed by atoms with Gasteiger partial charge in [-0.2, -0.15) is 5.10 Å². The van der Waals surface area contributed by atoms with Crippen LogP contribution in [0.25, 0.3) is 27.5 Å². The summed E-state index contributed by atoms with van der Waals surface area (Å²) in [5.74, 6) is -1.10. The Morgan fingerprint density at radius 3 is 2.25 bits per heavy atom. The van der Waals surface area contributed by atoms with Gasteiger partial charge in [0.1, 0.15) is 16.5 Å². The fraction of sp³-hybridized carbons (Fsp3) is 0. The van der Waals surface area contributed by atoms with E-state index in [0.29, 0.717) is 22.0 Å². The van der Waals surface area contributed by atoms with Gasteiger partial charge >= 0.3 is 0 Å². The first-order valence-corrected chi connectivity index (χ1v) is 13.0. The van der Waals surface area contributed by atoms with Crippen molar-refractivity contribution < 1.29 is 17.6 Å². The number of aromatic nitrogens is 3. The van der Waals surface area contributed by atoms with E-state index in [2.05, 4.69) is 20.3 Å². The predicted octanol–water partition coefficient (Wildman–Crippen LogP) is 4.43. The summed E-state index contributed by atoms with van der Waals surface area (Å²) in [6.45, 7) is 0. The maximum atomic E-state index is 13.2. The molecule has 0 aliphatic carbocycles. The van der Waals surface area contributed by atoms with E-state index >= 15 is 0 Å². The molecule has 0 bridgehead atoms. The molecule has 1 amide bonds. The van der Waals surface area contributed by atoms with Crippen LogP contribution in [0.2, 0.25) is 0 Å². The summed E-state index contributed by atoms with van der Waals surface area (Å²) in [4.78, 5) is 19.3. The zero-order chi connectivity index (χ0) is 25.1. The lowest BCUT2D eigenvalue weighted by Gasteiger charge is -2.09. The van der Waals surface area contributed by atoms with Gasteiger partial charge in [0.25, 0.3) is 15.9 Å². The van der Waals surface area contributed by atoms with E-state index in [1.54, 1.807) is 18.2 Å². The van der Waals surface area contributed by atoms with Crippen LogP contribution in [0.4, 0.5) is 4.39 Å². The molecule has 0 saturated heterocycles. The number of hydrazine groups is 1. The fourth-order valence-electron chi connectivity index (χ4n) is 3.40. The van der Waals surface area contributed by atoms with Gasteiger partial charge in [0.2, 0.25) is 0 Å². The number of thiazole rings is 1. The maximum Gasteiger partial charge on any atom is 0.284 e. The lowest BCUT2D eigenvalue weighted by atomic mass is 10.1. The summed E-state index contributed by atoms with van der Waals surface area (Å²) in [6.07, 6.45) is 1.18. The summed E-state index contributed by atoms with van der Waals surface area (Å²) in [7, 11) is -4.11. The number of amides is 1. The van der Waals surface area contributed by atoms with Crippen molar-refractivity contribution in [2.24, 2.45) is 0 Å². The lowest BCUT2D eigenvalue weighted by molar-refractivity contribution is 0.0937. The third-order valence-electron chi connectivity index (χ3n) is 5.15. The molecule has 2 aromatic heterocycles. The number of hydrogen-bond donors (Lipinski definition) is 2. The Balaban J connectivity index is 1.39. The van der Waals surface area contributed by atoms with Gasteiger partial charge in [0, 0.05) is 11.1 Å². The topological polar surface area (TPSA) is 106 Å². The van der Waals surface area contributed by atoms with Gasteiger partial charge in [-0.15, -0.1) is 16.2 Å². The van der Waals surface area contributed by atoms with Crippen LogP contribution in [0.1, 0.15) is 10.5 Å². The smallest absolute Gasteiger partial charge is 0.272 e. The Labute approximate surface area is 210 Å². The highest BCUT2D eigenvalue weighted by Crippen LogP contribution is 2.28.